The maximum atomic E-state index is 12.3. The molecule has 2 aromatic rings. The molecule has 0 atom stereocenters. The molecule has 24 heavy (non-hydrogen) atoms. The number of carbonyl (C=O) groups excluding carboxylic acids is 2. The van der Waals surface area contributed by atoms with Crippen LogP contribution in [-0.2, 0) is 0 Å². The SMILES string of the molecule is Cc1cccc(NC(=O)c2ccnc(C(=O)NCCC(C)C)c2)c1. The van der Waals surface area contributed by atoms with Crippen molar-refractivity contribution in [3.63, 3.8) is 0 Å². The van der Waals surface area contributed by atoms with E-state index in [-0.39, 0.29) is 17.5 Å². The van der Waals surface area contributed by atoms with E-state index in [1.165, 1.54) is 12.3 Å². The lowest BCUT2D eigenvalue weighted by molar-refractivity contribution is 0.0947. The Balaban J connectivity index is 2.03. The third-order valence-corrected chi connectivity index (χ3v) is 3.54. The molecule has 0 spiro atoms. The second-order valence-electron chi connectivity index (χ2n) is 6.19. The summed E-state index contributed by atoms with van der Waals surface area (Å²) in [4.78, 5) is 28.5. The van der Waals surface area contributed by atoms with Crippen molar-refractivity contribution in [1.29, 1.82) is 0 Å². The van der Waals surface area contributed by atoms with Gasteiger partial charge in [0.2, 0.25) is 0 Å². The number of aryl methyl sites for hydroxylation is 1. The summed E-state index contributed by atoms with van der Waals surface area (Å²) in [6.07, 6.45) is 2.38. The summed E-state index contributed by atoms with van der Waals surface area (Å²) in [7, 11) is 0. The molecule has 2 amide bonds. The first-order valence-corrected chi connectivity index (χ1v) is 8.08. The van der Waals surface area contributed by atoms with Crippen molar-refractivity contribution >= 4 is 17.5 Å². The van der Waals surface area contributed by atoms with Crippen LogP contribution >= 0.6 is 0 Å². The quantitative estimate of drug-likeness (QED) is 0.855. The maximum Gasteiger partial charge on any atom is 0.269 e. The molecule has 0 aliphatic heterocycles. The Morgan fingerprint density at radius 2 is 1.92 bits per heavy atom. The summed E-state index contributed by atoms with van der Waals surface area (Å²) in [6.45, 7) is 6.75. The highest BCUT2D eigenvalue weighted by Gasteiger charge is 2.12. The molecule has 0 aliphatic rings. The van der Waals surface area contributed by atoms with Gasteiger partial charge in [0.05, 0.1) is 0 Å². The van der Waals surface area contributed by atoms with Crippen LogP contribution in [0.2, 0.25) is 0 Å². The second kappa shape index (κ2) is 8.24. The second-order valence-corrected chi connectivity index (χ2v) is 6.19. The number of hydrogen-bond donors (Lipinski definition) is 2. The van der Waals surface area contributed by atoms with Gasteiger partial charge in [0.15, 0.2) is 0 Å². The van der Waals surface area contributed by atoms with Crippen LogP contribution in [0.1, 0.15) is 46.7 Å². The fourth-order valence-corrected chi connectivity index (χ4v) is 2.19. The minimum absolute atomic E-state index is 0.246. The van der Waals surface area contributed by atoms with Crippen LogP contribution in [0.15, 0.2) is 42.6 Å². The lowest BCUT2D eigenvalue weighted by atomic mass is 10.1. The van der Waals surface area contributed by atoms with Gasteiger partial charge in [-0.25, -0.2) is 0 Å². The van der Waals surface area contributed by atoms with Gasteiger partial charge in [-0.3, -0.25) is 14.6 Å². The zero-order chi connectivity index (χ0) is 17.5. The Kier molecular flexibility index (Phi) is 6.07. The average Bonchev–Trinajstić information content (AvgIpc) is 2.54. The van der Waals surface area contributed by atoms with E-state index in [0.717, 1.165) is 17.7 Å². The first kappa shape index (κ1) is 17.7. The molecule has 0 unspecified atom stereocenters. The summed E-state index contributed by atoms with van der Waals surface area (Å²) in [5, 5.41) is 5.65. The van der Waals surface area contributed by atoms with Gasteiger partial charge in [0.1, 0.15) is 5.69 Å². The predicted molar refractivity (Wildman–Crippen MR) is 95.2 cm³/mol. The Hall–Kier alpha value is -2.69. The standard InChI is InChI=1S/C19H23N3O2/c1-13(2)7-9-21-19(24)17-12-15(8-10-20-17)18(23)22-16-6-4-5-14(3)11-16/h4-6,8,10-13H,7,9H2,1-3H3,(H,21,24)(H,22,23). The molecule has 5 heteroatoms. The molecule has 1 aromatic carbocycles. The fourth-order valence-electron chi connectivity index (χ4n) is 2.19. The van der Waals surface area contributed by atoms with E-state index in [4.69, 9.17) is 0 Å². The normalized spacial score (nSPS) is 10.5. The molecule has 0 fully saturated rings. The van der Waals surface area contributed by atoms with Gasteiger partial charge in [-0.05, 0) is 49.1 Å². The topological polar surface area (TPSA) is 71.1 Å². The van der Waals surface area contributed by atoms with Crippen LogP contribution in [0.4, 0.5) is 5.69 Å². The first-order chi connectivity index (χ1) is 11.5. The number of amides is 2. The van der Waals surface area contributed by atoms with E-state index in [9.17, 15) is 9.59 Å². The summed E-state index contributed by atoms with van der Waals surface area (Å²) in [5.41, 5.74) is 2.43. The highest BCUT2D eigenvalue weighted by molar-refractivity contribution is 6.05. The molecular weight excluding hydrogens is 302 g/mol. The molecule has 0 saturated heterocycles. The summed E-state index contributed by atoms with van der Waals surface area (Å²) in [6, 6.07) is 10.7. The van der Waals surface area contributed by atoms with E-state index in [1.807, 2.05) is 31.2 Å². The number of aromatic nitrogens is 1. The molecule has 0 saturated carbocycles. The van der Waals surface area contributed by atoms with E-state index in [0.29, 0.717) is 18.0 Å². The van der Waals surface area contributed by atoms with Crippen molar-refractivity contribution in [2.75, 3.05) is 11.9 Å². The van der Waals surface area contributed by atoms with Gasteiger partial charge in [0, 0.05) is 24.0 Å². The van der Waals surface area contributed by atoms with Gasteiger partial charge in [-0.2, -0.15) is 0 Å². The Bertz CT molecular complexity index is 726. The predicted octanol–water partition coefficient (Wildman–Crippen LogP) is 3.42. The zero-order valence-electron chi connectivity index (χ0n) is 14.3. The number of carbonyl (C=O) groups is 2. The molecule has 2 N–H and O–H groups in total. The molecule has 0 bridgehead atoms. The first-order valence-electron chi connectivity index (χ1n) is 8.08. The van der Waals surface area contributed by atoms with Crippen LogP contribution in [0.5, 0.6) is 0 Å². The van der Waals surface area contributed by atoms with Crippen molar-refractivity contribution in [2.24, 2.45) is 5.92 Å². The van der Waals surface area contributed by atoms with Crippen molar-refractivity contribution in [1.82, 2.24) is 10.3 Å². The van der Waals surface area contributed by atoms with Crippen LogP contribution in [0, 0.1) is 12.8 Å². The molecule has 2 rings (SSSR count). The molecule has 0 aliphatic carbocycles. The summed E-state index contributed by atoms with van der Waals surface area (Å²) in [5.74, 6) is -0.00946. The van der Waals surface area contributed by atoms with Crippen LogP contribution < -0.4 is 10.6 Å². The number of benzene rings is 1. The monoisotopic (exact) mass is 325 g/mol. The minimum atomic E-state index is -0.265. The van der Waals surface area contributed by atoms with Crippen LogP contribution in [0.25, 0.3) is 0 Å². The third kappa shape index (κ3) is 5.19. The molecule has 1 aromatic heterocycles. The lowest BCUT2D eigenvalue weighted by Gasteiger charge is -2.09. The fraction of sp³-hybridized carbons (Fsp3) is 0.316. The third-order valence-electron chi connectivity index (χ3n) is 3.54. The van der Waals surface area contributed by atoms with Gasteiger partial charge in [0.25, 0.3) is 11.8 Å². The van der Waals surface area contributed by atoms with E-state index in [1.54, 1.807) is 6.07 Å². The number of rotatable bonds is 6. The van der Waals surface area contributed by atoms with Gasteiger partial charge < -0.3 is 10.6 Å². The number of hydrogen-bond acceptors (Lipinski definition) is 3. The average molecular weight is 325 g/mol. The molecule has 5 nitrogen and oxygen atoms in total. The highest BCUT2D eigenvalue weighted by Crippen LogP contribution is 2.12. The van der Waals surface area contributed by atoms with E-state index in [2.05, 4.69) is 29.5 Å². The van der Waals surface area contributed by atoms with E-state index >= 15 is 0 Å². The van der Waals surface area contributed by atoms with Gasteiger partial charge >= 0.3 is 0 Å². The van der Waals surface area contributed by atoms with Crippen LogP contribution in [0.3, 0.4) is 0 Å². The Morgan fingerprint density at radius 1 is 1.12 bits per heavy atom. The minimum Gasteiger partial charge on any atom is -0.351 e. The van der Waals surface area contributed by atoms with Gasteiger partial charge in [-0.1, -0.05) is 26.0 Å². The zero-order valence-corrected chi connectivity index (χ0v) is 14.3. The van der Waals surface area contributed by atoms with Gasteiger partial charge in [-0.15, -0.1) is 0 Å². The van der Waals surface area contributed by atoms with Crippen molar-refractivity contribution in [2.45, 2.75) is 27.2 Å². The number of pyridine rings is 1. The molecule has 0 radical (unpaired) electrons. The van der Waals surface area contributed by atoms with Crippen molar-refractivity contribution < 1.29 is 9.59 Å². The van der Waals surface area contributed by atoms with Crippen LogP contribution in [-0.4, -0.2) is 23.3 Å². The molecule has 1 heterocycles. The highest BCUT2D eigenvalue weighted by atomic mass is 16.2. The molecular formula is C19H23N3O2. The number of anilines is 1. The molecule has 126 valence electrons. The Morgan fingerprint density at radius 3 is 2.62 bits per heavy atom. The summed E-state index contributed by atoms with van der Waals surface area (Å²) >= 11 is 0. The van der Waals surface area contributed by atoms with Crippen molar-refractivity contribution in [3.05, 3.63) is 59.4 Å². The number of nitrogens with one attached hydrogen (secondary N) is 2. The lowest BCUT2D eigenvalue weighted by Crippen LogP contribution is -2.26. The smallest absolute Gasteiger partial charge is 0.269 e. The largest absolute Gasteiger partial charge is 0.351 e. The van der Waals surface area contributed by atoms with Crippen molar-refractivity contribution in [3.8, 4) is 0 Å². The summed E-state index contributed by atoms with van der Waals surface area (Å²) < 4.78 is 0. The van der Waals surface area contributed by atoms with E-state index < -0.39 is 0 Å². The maximum absolute atomic E-state index is 12.3. The Labute approximate surface area is 142 Å². The number of nitrogens with zero attached hydrogens (tertiary/aromatic N) is 1.